The van der Waals surface area contributed by atoms with Gasteiger partial charge in [0.1, 0.15) is 6.23 Å². The van der Waals surface area contributed by atoms with Crippen molar-refractivity contribution in [2.75, 3.05) is 6.61 Å². The summed E-state index contributed by atoms with van der Waals surface area (Å²) < 4.78 is 5.59. The summed E-state index contributed by atoms with van der Waals surface area (Å²) in [7, 11) is 0. The molecule has 1 aliphatic carbocycles. The zero-order chi connectivity index (χ0) is 21.5. The lowest BCUT2D eigenvalue weighted by molar-refractivity contribution is -0.381. The number of aliphatic hydroxyl groups excluding tert-OH is 5. The van der Waals surface area contributed by atoms with E-state index in [0.717, 1.165) is 19.3 Å². The third kappa shape index (κ3) is 4.87. The molecule has 7 N–H and O–H groups in total. The Hall–Kier alpha value is -0.320. The first kappa shape index (κ1) is 24.0. The molecule has 8 atom stereocenters. The van der Waals surface area contributed by atoms with Crippen LogP contribution in [0.2, 0.25) is 0 Å². The van der Waals surface area contributed by atoms with E-state index < -0.39 is 48.8 Å². The molecule has 0 amide bonds. The molecule has 8 heteroatoms. The molecule has 0 aromatic heterocycles. The van der Waals surface area contributed by atoms with Gasteiger partial charge in [-0.3, -0.25) is 5.32 Å². The highest BCUT2D eigenvalue weighted by Gasteiger charge is 2.69. The maximum Gasteiger partial charge on any atom is 0.181 e. The number of aliphatic hydroxyl groups is 6. The Balaban J connectivity index is 1.83. The van der Waals surface area contributed by atoms with Crippen LogP contribution in [0.1, 0.15) is 60.3 Å². The van der Waals surface area contributed by atoms with Gasteiger partial charge in [0.2, 0.25) is 0 Å². The fourth-order valence-electron chi connectivity index (χ4n) is 5.20. The van der Waals surface area contributed by atoms with E-state index in [1.807, 2.05) is 13.8 Å². The van der Waals surface area contributed by atoms with Crippen LogP contribution in [-0.4, -0.2) is 79.2 Å². The van der Waals surface area contributed by atoms with Gasteiger partial charge in [0.15, 0.2) is 5.79 Å². The predicted molar refractivity (Wildman–Crippen MR) is 103 cm³/mol. The first-order valence-electron chi connectivity index (χ1n) is 10.2. The Bertz CT molecular complexity index is 527. The molecule has 0 bridgehead atoms. The zero-order valence-corrected chi connectivity index (χ0v) is 17.7. The normalized spacial score (nSPS) is 38.0. The Kier molecular flexibility index (Phi) is 7.21. The number of ether oxygens (including phenoxy) is 1. The number of nitrogens with one attached hydrogen (secondary N) is 1. The van der Waals surface area contributed by atoms with Crippen LogP contribution in [0.4, 0.5) is 0 Å². The molecule has 8 unspecified atom stereocenters. The molecule has 0 radical (unpaired) electrons. The van der Waals surface area contributed by atoms with Crippen LogP contribution in [0, 0.1) is 17.3 Å². The molecule has 166 valence electrons. The van der Waals surface area contributed by atoms with E-state index in [0.29, 0.717) is 6.42 Å². The molecule has 2 aliphatic rings. The second-order valence-electron chi connectivity index (χ2n) is 10.2. The van der Waals surface area contributed by atoms with E-state index in [2.05, 4.69) is 19.2 Å². The molecule has 1 saturated carbocycles. The summed E-state index contributed by atoms with van der Waals surface area (Å²) in [6.45, 7) is 9.35. The standard InChI is InChI=1S/C20H39NO7/c1-11(23)17(26)21-19(4,5)10-18(2,3)8-6-7-13-14-16(25)15(24)12(9-22)20(14,27)28-13/h11-17,21-27H,6-10H2,1-5H3. The van der Waals surface area contributed by atoms with Crippen molar-refractivity contribution >= 4 is 0 Å². The summed E-state index contributed by atoms with van der Waals surface area (Å²) in [6.07, 6.45) is -1.37. The van der Waals surface area contributed by atoms with Crippen molar-refractivity contribution in [3.63, 3.8) is 0 Å². The Morgan fingerprint density at radius 3 is 2.25 bits per heavy atom. The molecular weight excluding hydrogens is 366 g/mol. The number of hydrogen-bond acceptors (Lipinski definition) is 8. The summed E-state index contributed by atoms with van der Waals surface area (Å²) in [5, 5.41) is 62.5. The predicted octanol–water partition coefficient (Wildman–Crippen LogP) is -0.312. The number of rotatable bonds is 10. The van der Waals surface area contributed by atoms with Crippen LogP contribution in [0.5, 0.6) is 0 Å². The summed E-state index contributed by atoms with van der Waals surface area (Å²) in [4.78, 5) is 0. The van der Waals surface area contributed by atoms with E-state index in [1.165, 1.54) is 6.92 Å². The molecule has 2 rings (SSSR count). The quantitative estimate of drug-likeness (QED) is 0.245. The van der Waals surface area contributed by atoms with Gasteiger partial charge in [-0.2, -0.15) is 0 Å². The van der Waals surface area contributed by atoms with Crippen LogP contribution in [0.3, 0.4) is 0 Å². The fraction of sp³-hybridized carbons (Fsp3) is 1.00. The molecule has 2 fully saturated rings. The van der Waals surface area contributed by atoms with Crippen molar-refractivity contribution in [2.45, 2.75) is 102 Å². The third-order valence-corrected chi connectivity index (χ3v) is 6.33. The Morgan fingerprint density at radius 1 is 1.11 bits per heavy atom. The largest absolute Gasteiger partial charge is 0.396 e. The fourth-order valence-corrected chi connectivity index (χ4v) is 5.20. The Labute approximate surface area is 167 Å². The minimum atomic E-state index is -1.64. The molecule has 1 saturated heterocycles. The highest BCUT2D eigenvalue weighted by atomic mass is 16.7. The molecule has 0 aromatic carbocycles. The molecule has 0 aromatic rings. The zero-order valence-electron chi connectivity index (χ0n) is 17.7. The summed E-state index contributed by atoms with van der Waals surface area (Å²) in [6, 6.07) is 0. The minimum absolute atomic E-state index is 0.0452. The van der Waals surface area contributed by atoms with E-state index in [9.17, 15) is 30.6 Å². The van der Waals surface area contributed by atoms with Gasteiger partial charge in [0, 0.05) is 5.54 Å². The first-order chi connectivity index (χ1) is 12.7. The summed E-state index contributed by atoms with van der Waals surface area (Å²) >= 11 is 0. The first-order valence-corrected chi connectivity index (χ1v) is 10.2. The number of hydrogen-bond donors (Lipinski definition) is 7. The third-order valence-electron chi connectivity index (χ3n) is 6.33. The smallest absolute Gasteiger partial charge is 0.181 e. The van der Waals surface area contributed by atoms with E-state index in [1.54, 1.807) is 0 Å². The van der Waals surface area contributed by atoms with Gasteiger partial charge in [-0.05, 0) is 45.4 Å². The van der Waals surface area contributed by atoms with Gasteiger partial charge in [0.25, 0.3) is 0 Å². The monoisotopic (exact) mass is 405 g/mol. The van der Waals surface area contributed by atoms with E-state index in [-0.39, 0.29) is 17.1 Å². The van der Waals surface area contributed by atoms with Gasteiger partial charge < -0.3 is 35.4 Å². The second-order valence-corrected chi connectivity index (χ2v) is 10.2. The van der Waals surface area contributed by atoms with Crippen molar-refractivity contribution in [3.8, 4) is 0 Å². The maximum atomic E-state index is 10.5. The van der Waals surface area contributed by atoms with Crippen LogP contribution in [0.15, 0.2) is 0 Å². The average Bonchev–Trinajstić information content (AvgIpc) is 2.65. The molecular formula is C20H39NO7. The van der Waals surface area contributed by atoms with Crippen molar-refractivity contribution < 1.29 is 35.4 Å². The average molecular weight is 406 g/mol. The van der Waals surface area contributed by atoms with Crippen LogP contribution >= 0.6 is 0 Å². The highest BCUT2D eigenvalue weighted by Crippen LogP contribution is 2.54. The van der Waals surface area contributed by atoms with Crippen molar-refractivity contribution in [1.82, 2.24) is 5.32 Å². The maximum absolute atomic E-state index is 10.5. The summed E-state index contributed by atoms with van der Waals surface area (Å²) in [5.41, 5.74) is -0.413. The SMILES string of the molecule is CC(O)C(O)NC(C)(C)CC(C)(C)CCCC1OC2(O)C(CO)C(O)C(O)C12. The van der Waals surface area contributed by atoms with Gasteiger partial charge in [-0.1, -0.05) is 20.3 Å². The van der Waals surface area contributed by atoms with Gasteiger partial charge in [-0.15, -0.1) is 0 Å². The molecule has 28 heavy (non-hydrogen) atoms. The highest BCUT2D eigenvalue weighted by molar-refractivity contribution is 5.11. The second kappa shape index (κ2) is 8.43. The molecule has 0 spiro atoms. The van der Waals surface area contributed by atoms with Crippen molar-refractivity contribution in [1.29, 1.82) is 0 Å². The van der Waals surface area contributed by atoms with E-state index in [4.69, 9.17) is 4.74 Å². The lowest BCUT2D eigenvalue weighted by Gasteiger charge is -2.50. The lowest BCUT2D eigenvalue weighted by Crippen LogP contribution is -2.62. The van der Waals surface area contributed by atoms with Crippen LogP contribution < -0.4 is 5.32 Å². The topological polar surface area (TPSA) is 143 Å². The van der Waals surface area contributed by atoms with E-state index >= 15 is 0 Å². The van der Waals surface area contributed by atoms with Crippen molar-refractivity contribution in [3.05, 3.63) is 0 Å². The molecule has 8 nitrogen and oxygen atoms in total. The van der Waals surface area contributed by atoms with Gasteiger partial charge in [0.05, 0.1) is 42.9 Å². The summed E-state index contributed by atoms with van der Waals surface area (Å²) in [5.74, 6) is -3.11. The Morgan fingerprint density at radius 2 is 1.71 bits per heavy atom. The minimum Gasteiger partial charge on any atom is -0.396 e. The van der Waals surface area contributed by atoms with Crippen LogP contribution in [-0.2, 0) is 4.74 Å². The number of fused-ring (bicyclic) bond motifs is 1. The van der Waals surface area contributed by atoms with Gasteiger partial charge in [-0.25, -0.2) is 0 Å². The van der Waals surface area contributed by atoms with Gasteiger partial charge >= 0.3 is 0 Å². The van der Waals surface area contributed by atoms with Crippen LogP contribution in [0.25, 0.3) is 0 Å². The molecule has 1 aliphatic heterocycles. The molecule has 1 heterocycles. The lowest BCUT2D eigenvalue weighted by atomic mass is 9.75. The van der Waals surface area contributed by atoms with Crippen molar-refractivity contribution in [2.24, 2.45) is 17.3 Å².